The number of fused-ring (bicyclic) bond motifs is 5. The van der Waals surface area contributed by atoms with Crippen LogP contribution in [0.3, 0.4) is 0 Å². The van der Waals surface area contributed by atoms with Crippen LogP contribution in [0.2, 0.25) is 4.17 Å². The van der Waals surface area contributed by atoms with E-state index in [1.54, 1.807) is 12.2 Å². The molecular weight excluding hydrogens is 367 g/mol. The molecule has 4 aliphatic rings. The molecule has 4 rings (SSSR count). The van der Waals surface area contributed by atoms with Crippen LogP contribution in [0.15, 0.2) is 23.8 Å². The monoisotopic (exact) mass is 398 g/mol. The molecule has 0 spiro atoms. The summed E-state index contributed by atoms with van der Waals surface area (Å²) < 4.78 is 2.14. The molecule has 3 saturated carbocycles. The number of carbonyl (C=O) groups is 2. The molecule has 3 fully saturated rings. The molecule has 0 aromatic carbocycles. The fraction of sp³-hybridized carbons (Fsp3) is 0.727. The second kappa shape index (κ2) is 7.75. The molecule has 0 saturated heterocycles. The van der Waals surface area contributed by atoms with Crippen molar-refractivity contribution in [1.82, 2.24) is 0 Å². The van der Waals surface area contributed by atoms with E-state index in [0.29, 0.717) is 12.8 Å². The average Bonchev–Trinajstić information content (AvgIpc) is 2.94. The Morgan fingerprint density at radius 1 is 1.29 bits per heavy atom. The third-order valence-electron chi connectivity index (χ3n) is 8.25. The summed E-state index contributed by atoms with van der Waals surface area (Å²) in [6.45, 7) is 3.34. The Morgan fingerprint density at radius 3 is 2.61 bits per heavy atom. The van der Waals surface area contributed by atoms with Gasteiger partial charge < -0.3 is 15.3 Å². The minimum atomic E-state index is -1.56. The topological polar surface area (TPSA) is 94.8 Å². The van der Waals surface area contributed by atoms with Gasteiger partial charge in [-0.25, -0.2) is 0 Å². The van der Waals surface area contributed by atoms with Gasteiger partial charge in [-0.1, -0.05) is 25.5 Å². The zero-order valence-corrected chi connectivity index (χ0v) is 19.4. The number of hydrogen-bond donors (Lipinski definition) is 3. The second-order valence-electron chi connectivity index (χ2n) is 9.19. The van der Waals surface area contributed by atoms with Crippen LogP contribution in [0.25, 0.3) is 0 Å². The Morgan fingerprint density at radius 2 is 1.96 bits per heavy atom. The van der Waals surface area contributed by atoms with Crippen LogP contribution < -0.4 is 0 Å². The first kappa shape index (κ1) is 22.4. The van der Waals surface area contributed by atoms with Crippen molar-refractivity contribution in [2.75, 3.05) is 6.61 Å². The number of rotatable bonds is 2. The summed E-state index contributed by atoms with van der Waals surface area (Å²) in [4.78, 5) is 24.2. The molecule has 6 heteroatoms. The summed E-state index contributed by atoms with van der Waals surface area (Å²) in [5.74, 6) is -0.227. The number of hydrogen-bond acceptors (Lipinski definition) is 5. The van der Waals surface area contributed by atoms with Crippen molar-refractivity contribution in [3.63, 3.8) is 0 Å². The Hall–Kier alpha value is -0.300. The average molecular weight is 398 g/mol. The van der Waals surface area contributed by atoms with Gasteiger partial charge in [0.05, 0.1) is 6.10 Å². The third-order valence-corrected chi connectivity index (χ3v) is 8.25. The van der Waals surface area contributed by atoms with Crippen molar-refractivity contribution in [3.8, 4) is 0 Å². The molecule has 3 N–H and O–H groups in total. The predicted molar refractivity (Wildman–Crippen MR) is 107 cm³/mol. The molecule has 28 heavy (non-hydrogen) atoms. The van der Waals surface area contributed by atoms with E-state index in [1.807, 2.05) is 13.0 Å². The summed E-state index contributed by atoms with van der Waals surface area (Å²) in [5.41, 5.74) is -1.54. The van der Waals surface area contributed by atoms with Crippen molar-refractivity contribution in [2.45, 2.75) is 61.8 Å². The van der Waals surface area contributed by atoms with E-state index < -0.39 is 29.5 Å². The van der Waals surface area contributed by atoms with E-state index in [9.17, 15) is 24.9 Å². The van der Waals surface area contributed by atoms with E-state index in [2.05, 4.69) is 11.1 Å². The Labute approximate surface area is 184 Å². The molecule has 2 unspecified atom stereocenters. The first-order valence-corrected chi connectivity index (χ1v) is 12.7. The molecule has 0 aromatic rings. The summed E-state index contributed by atoms with van der Waals surface area (Å²) in [6.07, 6.45) is 7.68. The summed E-state index contributed by atoms with van der Waals surface area (Å²) in [5, 5.41) is 31.7. The van der Waals surface area contributed by atoms with Crippen LogP contribution in [0.1, 0.15) is 46.0 Å². The van der Waals surface area contributed by atoms with Crippen LogP contribution in [-0.2, 0) is 9.59 Å². The normalized spacial score (nSPS) is 46.6. The zero-order valence-electron chi connectivity index (χ0n) is 17.4. The zero-order chi connectivity index (χ0) is 20.9. The van der Waals surface area contributed by atoms with E-state index in [0.717, 1.165) is 24.8 Å². The summed E-state index contributed by atoms with van der Waals surface area (Å²) in [7, 11) is 0. The van der Waals surface area contributed by atoms with Gasteiger partial charge in [0.1, 0.15) is 12.2 Å². The third kappa shape index (κ3) is 2.97. The van der Waals surface area contributed by atoms with Gasteiger partial charge in [-0.15, -0.1) is 0 Å². The van der Waals surface area contributed by atoms with Crippen molar-refractivity contribution >= 4 is 39.5 Å². The molecule has 150 valence electrons. The van der Waals surface area contributed by atoms with Gasteiger partial charge in [0.2, 0.25) is 0 Å². The number of aliphatic hydroxyl groups excluding tert-OH is 2. The number of aliphatic hydroxyl groups is 3. The van der Waals surface area contributed by atoms with Crippen molar-refractivity contribution in [3.05, 3.63) is 23.8 Å². The van der Waals surface area contributed by atoms with Crippen LogP contribution >= 0.6 is 0 Å². The number of ketones is 2. The molecule has 0 aromatic heterocycles. The quantitative estimate of drug-likeness (QED) is 0.616. The predicted octanol–water partition coefficient (Wildman–Crippen LogP) is 1.76. The van der Waals surface area contributed by atoms with E-state index in [4.69, 9.17) is 0 Å². The molecule has 0 aliphatic heterocycles. The fourth-order valence-electron chi connectivity index (χ4n) is 6.92. The van der Waals surface area contributed by atoms with Gasteiger partial charge in [-0.2, -0.15) is 0 Å². The Kier molecular flexibility index (Phi) is 6.20. The molecule has 0 heterocycles. The van der Waals surface area contributed by atoms with Gasteiger partial charge in [-0.05, 0) is 56.1 Å². The first-order valence-electron chi connectivity index (χ1n) is 10.7. The molecular formula is C22H31NaO5. The van der Waals surface area contributed by atoms with Crippen molar-refractivity contribution in [2.24, 2.45) is 28.6 Å². The fourth-order valence-corrected chi connectivity index (χ4v) is 6.92. The van der Waals surface area contributed by atoms with Crippen molar-refractivity contribution in [1.29, 1.82) is 0 Å². The molecule has 4 aliphatic carbocycles. The second-order valence-corrected chi connectivity index (χ2v) is 9.19. The number of carbonyl (C=O) groups excluding carboxylic acids is 2. The maximum absolute atomic E-state index is 12.4. The van der Waals surface area contributed by atoms with Crippen LogP contribution in [0.5, 0.6) is 0 Å². The number of Topliss-reactive ketones (excluding diaryl/α,β-unsaturated/α-hetero) is 1. The van der Waals surface area contributed by atoms with Gasteiger partial charge in [-0.3, -0.25) is 9.59 Å². The van der Waals surface area contributed by atoms with Gasteiger partial charge in [0.15, 0.2) is 11.6 Å². The molecule has 7 atom stereocenters. The van der Waals surface area contributed by atoms with Gasteiger partial charge in [0.25, 0.3) is 0 Å². The standard InChI is InChI=1S/C21H28O5.CH3.Na/c1-19-7-5-13(23)9-12(19)3-4-14-15-6-8-21(26,17(25)11-22)20(15,2)10-16(24)18(14)19;;/h5,7,9,14-16,18,22,24,26H,3-4,6,8,10-11H2,1-2H3;1H3;/t14-,15?,16?,18+,19+,20+,21+;;/m1../s1. The minimum absolute atomic E-state index is 0.00912. The van der Waals surface area contributed by atoms with Gasteiger partial charge in [0, 0.05) is 16.7 Å². The number of allylic oxidation sites excluding steroid dienone is 4. The van der Waals surface area contributed by atoms with Gasteiger partial charge >= 0.3 is 32.1 Å². The SMILES string of the molecule is C[C@]12C=CC(=O)C=C1CC[C@@H]1C3CC[C@](O)(C(=O)CO)[C@@]3(C)CC(O)[C@H]12.[CH3][Na]. The summed E-state index contributed by atoms with van der Waals surface area (Å²) >= 11 is 1.31. The van der Waals surface area contributed by atoms with Crippen LogP contribution in [0, 0.1) is 28.6 Å². The molecule has 0 bridgehead atoms. The van der Waals surface area contributed by atoms with Crippen LogP contribution in [0.4, 0.5) is 0 Å². The van der Waals surface area contributed by atoms with E-state index >= 15 is 0 Å². The molecule has 0 radical (unpaired) electrons. The Bertz CT molecular complexity index is 730. The summed E-state index contributed by atoms with van der Waals surface area (Å²) in [6, 6.07) is 0. The molecule has 0 amide bonds. The van der Waals surface area contributed by atoms with Crippen molar-refractivity contribution < 1.29 is 24.9 Å². The van der Waals surface area contributed by atoms with E-state index in [1.165, 1.54) is 27.9 Å². The maximum atomic E-state index is 12.4. The van der Waals surface area contributed by atoms with E-state index in [-0.39, 0.29) is 29.0 Å². The van der Waals surface area contributed by atoms with Crippen LogP contribution in [-0.4, -0.2) is 73.1 Å². The first-order chi connectivity index (χ1) is 13.2. The Balaban J connectivity index is 0.00000109. The molecule has 5 nitrogen and oxygen atoms in total.